The molecule has 2 heteroatoms. The second-order valence-corrected chi connectivity index (χ2v) is 16.9. The number of unbranched alkanes of at least 4 members (excludes halogenated alkanes) is 12. The number of hydrogen-bond acceptors (Lipinski definition) is 2. The third kappa shape index (κ3) is 7.88. The summed E-state index contributed by atoms with van der Waals surface area (Å²) in [7, 11) is 0. The molecule has 0 heterocycles. The van der Waals surface area contributed by atoms with Crippen LogP contribution in [-0.4, -0.2) is 17.0 Å². The summed E-state index contributed by atoms with van der Waals surface area (Å²) < 4.78 is 0. The summed E-state index contributed by atoms with van der Waals surface area (Å²) in [6.45, 7) is 12.2. The highest BCUT2D eigenvalue weighted by atomic mass is 16.3. The van der Waals surface area contributed by atoms with Crippen LogP contribution in [0.15, 0.2) is 0 Å². The van der Waals surface area contributed by atoms with E-state index in [2.05, 4.69) is 34.6 Å². The van der Waals surface area contributed by atoms with Crippen molar-refractivity contribution >= 4 is 5.78 Å². The lowest BCUT2D eigenvalue weighted by atomic mass is 9.42. The molecule has 4 saturated carbocycles. The summed E-state index contributed by atoms with van der Waals surface area (Å²) >= 11 is 0. The van der Waals surface area contributed by atoms with Gasteiger partial charge < -0.3 is 5.11 Å². The lowest BCUT2D eigenvalue weighted by Gasteiger charge is -2.62. The Bertz CT molecular complexity index is 820. The minimum atomic E-state index is -0.0717. The number of Topliss-reactive ketones (excluding diaryl/α,β-unsaturated/α-hetero) is 1. The molecule has 4 rings (SSSR count). The number of aliphatic hydroxyl groups excluding tert-OH is 1. The molecule has 0 spiro atoms. The van der Waals surface area contributed by atoms with Gasteiger partial charge in [0.1, 0.15) is 5.78 Å². The highest BCUT2D eigenvalue weighted by molar-refractivity contribution is 5.85. The Morgan fingerprint density at radius 1 is 0.714 bits per heavy atom. The zero-order valence-electron chi connectivity index (χ0n) is 29.0. The zero-order chi connectivity index (χ0) is 30.2. The molecule has 0 aromatic heterocycles. The molecular formula is C40H72O2. The van der Waals surface area contributed by atoms with Crippen LogP contribution in [0.2, 0.25) is 0 Å². The number of aliphatic hydroxyl groups is 1. The van der Waals surface area contributed by atoms with Crippen LogP contribution in [0.1, 0.15) is 195 Å². The predicted octanol–water partition coefficient (Wildman–Crippen LogP) is 11.9. The highest BCUT2D eigenvalue weighted by Gasteiger charge is 2.62. The summed E-state index contributed by atoms with van der Waals surface area (Å²) in [5, 5.41) is 9.64. The van der Waals surface area contributed by atoms with E-state index in [0.717, 1.165) is 49.4 Å². The van der Waals surface area contributed by atoms with Crippen LogP contribution in [0, 0.1) is 45.8 Å². The number of rotatable bonds is 18. The molecule has 4 aliphatic rings. The first kappa shape index (κ1) is 34.5. The SMILES string of the molecule is CCC(O)CCCCCCCCCCCCCCCC1(C)C[C@@]2(C)C(CC[C@H]3[C@@H]4CC[C@H](CC)[C@@]4(C)CC[C@@H]32)CC1=O. The first-order chi connectivity index (χ1) is 20.2. The molecule has 0 amide bonds. The fourth-order valence-electron chi connectivity index (χ4n) is 11.6. The molecule has 0 bridgehead atoms. The number of hydrogen-bond donors (Lipinski definition) is 1. The summed E-state index contributed by atoms with van der Waals surface area (Å²) in [6.07, 6.45) is 32.5. The van der Waals surface area contributed by atoms with Gasteiger partial charge in [0.25, 0.3) is 0 Å². The van der Waals surface area contributed by atoms with E-state index in [4.69, 9.17) is 0 Å². The zero-order valence-corrected chi connectivity index (χ0v) is 29.0. The summed E-state index contributed by atoms with van der Waals surface area (Å²) in [5.41, 5.74) is 0.937. The highest BCUT2D eigenvalue weighted by Crippen LogP contribution is 2.69. The first-order valence-electron chi connectivity index (χ1n) is 19.4. The summed E-state index contributed by atoms with van der Waals surface area (Å²) in [5.74, 6) is 5.00. The summed E-state index contributed by atoms with van der Waals surface area (Å²) in [4.78, 5) is 13.6. The molecule has 0 aromatic carbocycles. The normalized spacial score (nSPS) is 38.6. The Hall–Kier alpha value is -0.370. The van der Waals surface area contributed by atoms with Crippen molar-refractivity contribution in [3.8, 4) is 0 Å². The molecule has 0 saturated heterocycles. The van der Waals surface area contributed by atoms with Crippen molar-refractivity contribution in [1.29, 1.82) is 0 Å². The van der Waals surface area contributed by atoms with Gasteiger partial charge in [-0.3, -0.25) is 4.79 Å². The van der Waals surface area contributed by atoms with Crippen molar-refractivity contribution < 1.29 is 9.90 Å². The van der Waals surface area contributed by atoms with Crippen molar-refractivity contribution in [1.82, 2.24) is 0 Å². The Morgan fingerprint density at radius 3 is 1.88 bits per heavy atom. The van der Waals surface area contributed by atoms with E-state index in [9.17, 15) is 9.90 Å². The predicted molar refractivity (Wildman–Crippen MR) is 180 cm³/mol. The van der Waals surface area contributed by atoms with Crippen LogP contribution in [0.5, 0.6) is 0 Å². The molecule has 0 radical (unpaired) electrons. The van der Waals surface area contributed by atoms with E-state index in [1.807, 2.05) is 0 Å². The van der Waals surface area contributed by atoms with Gasteiger partial charge >= 0.3 is 0 Å². The van der Waals surface area contributed by atoms with Gasteiger partial charge in [-0.05, 0) is 105 Å². The minimum Gasteiger partial charge on any atom is -0.393 e. The van der Waals surface area contributed by atoms with Crippen LogP contribution >= 0.6 is 0 Å². The fourth-order valence-corrected chi connectivity index (χ4v) is 11.6. The Kier molecular flexibility index (Phi) is 12.9. The smallest absolute Gasteiger partial charge is 0.139 e. The number of fused-ring (bicyclic) bond motifs is 5. The van der Waals surface area contributed by atoms with Gasteiger partial charge in [-0.2, -0.15) is 0 Å². The van der Waals surface area contributed by atoms with Crippen LogP contribution in [0.4, 0.5) is 0 Å². The van der Waals surface area contributed by atoms with Gasteiger partial charge in [0.2, 0.25) is 0 Å². The average molecular weight is 585 g/mol. The Balaban J connectivity index is 1.11. The lowest BCUT2D eigenvalue weighted by Crippen LogP contribution is -2.56. The fraction of sp³-hybridized carbons (Fsp3) is 0.975. The van der Waals surface area contributed by atoms with Crippen molar-refractivity contribution in [3.63, 3.8) is 0 Å². The van der Waals surface area contributed by atoms with Crippen LogP contribution < -0.4 is 0 Å². The number of carbonyl (C=O) groups excluding carboxylic acids is 1. The van der Waals surface area contributed by atoms with Crippen molar-refractivity contribution in [2.75, 3.05) is 0 Å². The standard InChI is InChI=1S/C40H72O2/c1-6-31-23-25-35-34-24-22-32-29-37(42)38(3,30-40(32,5)36(34)26-28-39(31,35)4)27-20-18-16-14-12-10-8-9-11-13-15-17-19-21-33(41)7-2/h31-36,41H,6-30H2,1-5H3/t31-,32?,33?,34-,35-,36-,38?,39+,40-/m0/s1. The summed E-state index contributed by atoms with van der Waals surface area (Å²) in [6, 6.07) is 0. The van der Waals surface area contributed by atoms with E-state index in [1.54, 1.807) is 0 Å². The molecule has 1 N–H and O–H groups in total. The number of carbonyl (C=O) groups is 1. The molecule has 4 fully saturated rings. The third-order valence-electron chi connectivity index (χ3n) is 14.4. The van der Waals surface area contributed by atoms with E-state index < -0.39 is 0 Å². The molecule has 0 aromatic rings. The second-order valence-electron chi connectivity index (χ2n) is 16.9. The maximum Gasteiger partial charge on any atom is 0.139 e. The van der Waals surface area contributed by atoms with Crippen LogP contribution in [-0.2, 0) is 4.79 Å². The maximum absolute atomic E-state index is 13.6. The van der Waals surface area contributed by atoms with Gasteiger partial charge in [0, 0.05) is 11.8 Å². The van der Waals surface area contributed by atoms with Gasteiger partial charge in [0.15, 0.2) is 0 Å². The third-order valence-corrected chi connectivity index (χ3v) is 14.4. The van der Waals surface area contributed by atoms with E-state index in [-0.39, 0.29) is 11.5 Å². The molecule has 2 nitrogen and oxygen atoms in total. The molecular weight excluding hydrogens is 512 g/mol. The van der Waals surface area contributed by atoms with Crippen molar-refractivity contribution in [3.05, 3.63) is 0 Å². The molecule has 3 unspecified atom stereocenters. The van der Waals surface area contributed by atoms with Crippen molar-refractivity contribution in [2.45, 2.75) is 201 Å². The molecule has 9 atom stereocenters. The van der Waals surface area contributed by atoms with Crippen LogP contribution in [0.25, 0.3) is 0 Å². The quantitative estimate of drug-likeness (QED) is 0.163. The van der Waals surface area contributed by atoms with Gasteiger partial charge in [-0.15, -0.1) is 0 Å². The van der Waals surface area contributed by atoms with E-state index in [1.165, 1.54) is 135 Å². The molecule has 42 heavy (non-hydrogen) atoms. The van der Waals surface area contributed by atoms with Gasteiger partial charge in [-0.1, -0.05) is 125 Å². The molecule has 4 aliphatic carbocycles. The lowest BCUT2D eigenvalue weighted by molar-refractivity contribution is -0.159. The molecule has 244 valence electrons. The maximum atomic E-state index is 13.6. The second kappa shape index (κ2) is 15.8. The van der Waals surface area contributed by atoms with Crippen LogP contribution in [0.3, 0.4) is 0 Å². The largest absolute Gasteiger partial charge is 0.393 e. The topological polar surface area (TPSA) is 37.3 Å². The van der Waals surface area contributed by atoms with Gasteiger partial charge in [-0.25, -0.2) is 0 Å². The Morgan fingerprint density at radius 2 is 1.29 bits per heavy atom. The van der Waals surface area contributed by atoms with Gasteiger partial charge in [0.05, 0.1) is 6.10 Å². The molecule has 0 aliphatic heterocycles. The first-order valence-corrected chi connectivity index (χ1v) is 19.4. The minimum absolute atomic E-state index is 0.0642. The van der Waals surface area contributed by atoms with Crippen molar-refractivity contribution in [2.24, 2.45) is 45.8 Å². The average Bonchev–Trinajstić information content (AvgIpc) is 3.32. The number of ketones is 1. The monoisotopic (exact) mass is 585 g/mol. The van der Waals surface area contributed by atoms with E-state index in [0.29, 0.717) is 22.5 Å². The van der Waals surface area contributed by atoms with E-state index >= 15 is 0 Å². The Labute approximate surface area is 262 Å².